The molecular formula is C12H15BrN2. The van der Waals surface area contributed by atoms with Crippen molar-refractivity contribution >= 4 is 15.9 Å². The van der Waals surface area contributed by atoms with E-state index in [4.69, 9.17) is 5.26 Å². The molecule has 0 bridgehead atoms. The summed E-state index contributed by atoms with van der Waals surface area (Å²) in [5.41, 5.74) is 1.24. The molecule has 0 amide bonds. The minimum atomic E-state index is 0.230. The van der Waals surface area contributed by atoms with Gasteiger partial charge in [-0.3, -0.25) is 0 Å². The normalized spacial score (nSPS) is 14.3. The molecule has 0 saturated carbocycles. The average Bonchev–Trinajstić information content (AvgIpc) is 2.18. The Bertz CT molecular complexity index is 340. The van der Waals surface area contributed by atoms with Crippen LogP contribution in [0, 0.1) is 11.3 Å². The van der Waals surface area contributed by atoms with Crippen molar-refractivity contribution in [3.8, 4) is 6.07 Å². The van der Waals surface area contributed by atoms with Crippen molar-refractivity contribution in [2.24, 2.45) is 0 Å². The van der Waals surface area contributed by atoms with Gasteiger partial charge in [0.1, 0.15) is 0 Å². The Morgan fingerprint density at radius 1 is 1.33 bits per heavy atom. The summed E-state index contributed by atoms with van der Waals surface area (Å²) in [6.07, 6.45) is 0.543. The van der Waals surface area contributed by atoms with E-state index in [9.17, 15) is 0 Å². The Labute approximate surface area is 99.4 Å². The maximum absolute atomic E-state index is 8.56. The summed E-state index contributed by atoms with van der Waals surface area (Å²) in [5, 5.41) is 11.9. The van der Waals surface area contributed by atoms with Crippen LogP contribution in [0.1, 0.15) is 31.9 Å². The molecule has 2 nitrogen and oxygen atoms in total. The molecule has 80 valence electrons. The van der Waals surface area contributed by atoms with Gasteiger partial charge in [-0.05, 0) is 31.5 Å². The first-order chi connectivity index (χ1) is 7.13. The fourth-order valence-corrected chi connectivity index (χ4v) is 1.73. The molecule has 1 N–H and O–H groups in total. The van der Waals surface area contributed by atoms with Gasteiger partial charge >= 0.3 is 0 Å². The van der Waals surface area contributed by atoms with Crippen LogP contribution < -0.4 is 5.32 Å². The van der Waals surface area contributed by atoms with Gasteiger partial charge in [-0.2, -0.15) is 5.26 Å². The molecule has 1 unspecified atom stereocenters. The number of nitrogens with one attached hydrogen (secondary N) is 1. The topological polar surface area (TPSA) is 35.8 Å². The van der Waals surface area contributed by atoms with Crippen LogP contribution >= 0.6 is 15.9 Å². The highest BCUT2D eigenvalue weighted by Crippen LogP contribution is 2.17. The molecule has 0 fully saturated rings. The first kappa shape index (κ1) is 12.2. The van der Waals surface area contributed by atoms with Crippen LogP contribution in [-0.2, 0) is 0 Å². The first-order valence-electron chi connectivity index (χ1n) is 5.02. The molecule has 0 aliphatic heterocycles. The number of rotatable bonds is 4. The minimum Gasteiger partial charge on any atom is -0.307 e. The van der Waals surface area contributed by atoms with Crippen LogP contribution in [0.25, 0.3) is 0 Å². The van der Waals surface area contributed by atoms with Crippen LogP contribution in [0.4, 0.5) is 0 Å². The fourth-order valence-electron chi connectivity index (χ4n) is 1.47. The quantitative estimate of drug-likeness (QED) is 0.907. The van der Waals surface area contributed by atoms with Crippen LogP contribution in [0.15, 0.2) is 28.7 Å². The summed E-state index contributed by atoms with van der Waals surface area (Å²) in [7, 11) is 0. The number of nitriles is 1. The smallest absolute Gasteiger partial charge is 0.0638 e. The van der Waals surface area contributed by atoms with E-state index in [0.29, 0.717) is 6.42 Å². The van der Waals surface area contributed by atoms with Crippen molar-refractivity contribution in [2.75, 3.05) is 0 Å². The zero-order chi connectivity index (χ0) is 11.3. The van der Waals surface area contributed by atoms with Crippen LogP contribution in [0.3, 0.4) is 0 Å². The highest BCUT2D eigenvalue weighted by Gasteiger charge is 2.08. The van der Waals surface area contributed by atoms with Gasteiger partial charge in [-0.25, -0.2) is 0 Å². The molecular weight excluding hydrogens is 252 g/mol. The van der Waals surface area contributed by atoms with Crippen molar-refractivity contribution in [2.45, 2.75) is 32.4 Å². The largest absolute Gasteiger partial charge is 0.307 e. The van der Waals surface area contributed by atoms with E-state index in [0.717, 1.165) is 4.47 Å². The maximum atomic E-state index is 8.56. The van der Waals surface area contributed by atoms with E-state index in [1.165, 1.54) is 5.56 Å². The molecule has 3 heteroatoms. The van der Waals surface area contributed by atoms with E-state index in [1.807, 2.05) is 19.1 Å². The molecule has 2 atom stereocenters. The minimum absolute atomic E-state index is 0.230. The fraction of sp³-hybridized carbons (Fsp3) is 0.417. The molecule has 0 spiro atoms. The number of hydrogen-bond acceptors (Lipinski definition) is 2. The Morgan fingerprint density at radius 3 is 2.47 bits per heavy atom. The SMILES string of the molecule is CC(CC#N)N[C@H](C)c1ccc(Br)cc1. The lowest BCUT2D eigenvalue weighted by Gasteiger charge is -2.18. The molecule has 0 heterocycles. The predicted octanol–water partition coefficient (Wildman–Crippen LogP) is 3.40. The highest BCUT2D eigenvalue weighted by molar-refractivity contribution is 9.10. The van der Waals surface area contributed by atoms with Gasteiger partial charge in [0.25, 0.3) is 0 Å². The van der Waals surface area contributed by atoms with E-state index in [-0.39, 0.29) is 12.1 Å². The third kappa shape index (κ3) is 4.03. The van der Waals surface area contributed by atoms with E-state index in [2.05, 4.69) is 46.4 Å². The van der Waals surface area contributed by atoms with Crippen molar-refractivity contribution in [1.29, 1.82) is 5.26 Å². The van der Waals surface area contributed by atoms with Crippen molar-refractivity contribution in [1.82, 2.24) is 5.32 Å². The van der Waals surface area contributed by atoms with Gasteiger partial charge in [0.15, 0.2) is 0 Å². The molecule has 0 aromatic heterocycles. The molecule has 1 aromatic carbocycles. The monoisotopic (exact) mass is 266 g/mol. The number of benzene rings is 1. The van der Waals surface area contributed by atoms with Gasteiger partial charge in [-0.15, -0.1) is 0 Å². The molecule has 0 radical (unpaired) electrons. The van der Waals surface area contributed by atoms with Crippen molar-refractivity contribution < 1.29 is 0 Å². The van der Waals surface area contributed by atoms with Crippen LogP contribution in [0.5, 0.6) is 0 Å². The molecule has 0 saturated heterocycles. The zero-order valence-corrected chi connectivity index (χ0v) is 10.6. The summed E-state index contributed by atoms with van der Waals surface area (Å²) in [4.78, 5) is 0. The van der Waals surface area contributed by atoms with Crippen molar-refractivity contribution in [3.63, 3.8) is 0 Å². The number of nitrogens with zero attached hydrogens (tertiary/aromatic N) is 1. The summed E-state index contributed by atoms with van der Waals surface area (Å²) in [6.45, 7) is 4.13. The summed E-state index contributed by atoms with van der Waals surface area (Å²) >= 11 is 3.41. The van der Waals surface area contributed by atoms with Crippen molar-refractivity contribution in [3.05, 3.63) is 34.3 Å². The van der Waals surface area contributed by atoms with E-state index >= 15 is 0 Å². The van der Waals surface area contributed by atoms with Gasteiger partial charge in [0, 0.05) is 16.6 Å². The number of halogens is 1. The third-order valence-electron chi connectivity index (χ3n) is 2.30. The number of hydrogen-bond donors (Lipinski definition) is 1. The maximum Gasteiger partial charge on any atom is 0.0638 e. The summed E-state index contributed by atoms with van der Waals surface area (Å²) in [5.74, 6) is 0. The van der Waals surface area contributed by atoms with Gasteiger partial charge in [-0.1, -0.05) is 28.1 Å². The highest BCUT2D eigenvalue weighted by atomic mass is 79.9. The van der Waals surface area contributed by atoms with Gasteiger partial charge in [0.05, 0.1) is 12.5 Å². The predicted molar refractivity (Wildman–Crippen MR) is 65.4 cm³/mol. The molecule has 1 rings (SSSR count). The Kier molecular flexibility index (Phi) is 4.80. The Hall–Kier alpha value is -0.850. The van der Waals surface area contributed by atoms with Gasteiger partial charge < -0.3 is 5.32 Å². The molecule has 0 aliphatic rings. The first-order valence-corrected chi connectivity index (χ1v) is 5.81. The second-order valence-electron chi connectivity index (χ2n) is 3.70. The second-order valence-corrected chi connectivity index (χ2v) is 4.62. The Balaban J connectivity index is 2.57. The molecule has 15 heavy (non-hydrogen) atoms. The van der Waals surface area contributed by atoms with Crippen LogP contribution in [-0.4, -0.2) is 6.04 Å². The third-order valence-corrected chi connectivity index (χ3v) is 2.83. The lowest BCUT2D eigenvalue weighted by molar-refractivity contribution is 0.485. The van der Waals surface area contributed by atoms with E-state index < -0.39 is 0 Å². The summed E-state index contributed by atoms with van der Waals surface area (Å²) < 4.78 is 1.09. The summed E-state index contributed by atoms with van der Waals surface area (Å²) in [6, 6.07) is 10.9. The van der Waals surface area contributed by atoms with Gasteiger partial charge in [0.2, 0.25) is 0 Å². The lowest BCUT2D eigenvalue weighted by atomic mass is 10.1. The molecule has 0 aliphatic carbocycles. The standard InChI is InChI=1S/C12H15BrN2/c1-9(7-8-14)15-10(2)11-3-5-12(13)6-4-11/h3-6,9-10,15H,7H2,1-2H3/t9?,10-/m1/s1. The van der Waals surface area contributed by atoms with E-state index in [1.54, 1.807) is 0 Å². The molecule has 1 aromatic rings. The van der Waals surface area contributed by atoms with Crippen LogP contribution in [0.2, 0.25) is 0 Å². The Morgan fingerprint density at radius 2 is 1.93 bits per heavy atom. The average molecular weight is 267 g/mol. The second kappa shape index (κ2) is 5.89. The lowest BCUT2D eigenvalue weighted by Crippen LogP contribution is -2.28. The zero-order valence-electron chi connectivity index (χ0n) is 9.00.